The summed E-state index contributed by atoms with van der Waals surface area (Å²) in [5.74, 6) is 0.716. The van der Waals surface area contributed by atoms with Gasteiger partial charge < -0.3 is 4.57 Å². The highest BCUT2D eigenvalue weighted by Gasteiger charge is 2.18. The van der Waals surface area contributed by atoms with E-state index in [2.05, 4.69) is 174 Å². The molecule has 0 N–H and O–H groups in total. The van der Waals surface area contributed by atoms with Gasteiger partial charge in [0.2, 0.25) is 0 Å². The van der Waals surface area contributed by atoms with E-state index >= 15 is 0 Å². The third-order valence-corrected chi connectivity index (χ3v) is 11.8. The number of para-hydroxylation sites is 2. The van der Waals surface area contributed by atoms with Crippen molar-refractivity contribution in [2.45, 2.75) is 0 Å². The average Bonchev–Trinajstić information content (AvgIpc) is 3.79. The fourth-order valence-corrected chi connectivity index (χ4v) is 9.25. The van der Waals surface area contributed by atoms with Crippen LogP contribution in [-0.4, -0.2) is 14.5 Å². The van der Waals surface area contributed by atoms with Gasteiger partial charge in [0.15, 0.2) is 5.82 Å². The zero-order valence-corrected chi connectivity index (χ0v) is 30.0. The second-order valence-electron chi connectivity index (χ2n) is 13.8. The van der Waals surface area contributed by atoms with Crippen LogP contribution in [0.1, 0.15) is 0 Å². The average molecular weight is 706 g/mol. The summed E-state index contributed by atoms with van der Waals surface area (Å²) < 4.78 is 4.92. The quantitative estimate of drug-likeness (QED) is 0.178. The minimum Gasteiger partial charge on any atom is -0.309 e. The van der Waals surface area contributed by atoms with E-state index in [-0.39, 0.29) is 0 Å². The number of benzene rings is 8. The molecular weight excluding hydrogens is 675 g/mol. The summed E-state index contributed by atoms with van der Waals surface area (Å²) >= 11 is 1.83. The van der Waals surface area contributed by atoms with Crippen molar-refractivity contribution in [3.63, 3.8) is 0 Å². The largest absolute Gasteiger partial charge is 0.309 e. The molecule has 0 fully saturated rings. The van der Waals surface area contributed by atoms with Crippen LogP contribution >= 0.6 is 11.3 Å². The topological polar surface area (TPSA) is 30.7 Å². The summed E-state index contributed by atoms with van der Waals surface area (Å²) in [5.41, 5.74) is 10.9. The van der Waals surface area contributed by atoms with Gasteiger partial charge in [-0.2, -0.15) is 0 Å². The third kappa shape index (κ3) is 4.96. The predicted molar refractivity (Wildman–Crippen MR) is 229 cm³/mol. The zero-order chi connectivity index (χ0) is 35.6. The highest BCUT2D eigenvalue weighted by Crippen LogP contribution is 2.41. The summed E-state index contributed by atoms with van der Waals surface area (Å²) in [5, 5.41) is 7.41. The van der Waals surface area contributed by atoms with Gasteiger partial charge in [0.1, 0.15) is 0 Å². The molecule has 0 aliphatic rings. The van der Waals surface area contributed by atoms with Gasteiger partial charge in [-0.3, -0.25) is 0 Å². The second kappa shape index (κ2) is 12.4. The Kier molecular flexibility index (Phi) is 7.04. The smallest absolute Gasteiger partial charge is 0.160 e. The normalized spacial score (nSPS) is 11.7. The zero-order valence-electron chi connectivity index (χ0n) is 29.1. The van der Waals surface area contributed by atoms with Crippen molar-refractivity contribution in [1.82, 2.24) is 14.5 Å². The van der Waals surface area contributed by atoms with E-state index in [1.165, 1.54) is 58.5 Å². The molecule has 11 aromatic rings. The van der Waals surface area contributed by atoms with Gasteiger partial charge in [0.05, 0.1) is 22.4 Å². The van der Waals surface area contributed by atoms with Gasteiger partial charge in [-0.05, 0) is 70.4 Å². The molecule has 252 valence electrons. The van der Waals surface area contributed by atoms with Crippen molar-refractivity contribution in [3.8, 4) is 50.7 Å². The van der Waals surface area contributed by atoms with Gasteiger partial charge in [-0.1, -0.05) is 140 Å². The maximum atomic E-state index is 5.24. The molecule has 3 nitrogen and oxygen atoms in total. The van der Waals surface area contributed by atoms with Gasteiger partial charge in [0, 0.05) is 53.3 Å². The number of fused-ring (bicyclic) bond motifs is 7. The van der Waals surface area contributed by atoms with Crippen LogP contribution in [0, 0.1) is 0 Å². The summed E-state index contributed by atoms with van der Waals surface area (Å²) in [7, 11) is 0. The number of hydrogen-bond donors (Lipinski definition) is 0. The molecule has 0 saturated carbocycles. The second-order valence-corrected chi connectivity index (χ2v) is 14.8. The first-order chi connectivity index (χ1) is 26.8. The fourth-order valence-electron chi connectivity index (χ4n) is 8.10. The molecule has 0 radical (unpaired) electrons. The summed E-state index contributed by atoms with van der Waals surface area (Å²) in [6.07, 6.45) is 0. The molecule has 3 heterocycles. The molecule has 11 rings (SSSR count). The number of thiophene rings is 1. The van der Waals surface area contributed by atoms with Crippen LogP contribution in [-0.2, 0) is 0 Å². The Balaban J connectivity index is 1.08. The number of aromatic nitrogens is 3. The van der Waals surface area contributed by atoms with Crippen molar-refractivity contribution < 1.29 is 0 Å². The Hall–Kier alpha value is -6.88. The Bertz CT molecular complexity index is 3210. The molecule has 0 unspecified atom stereocenters. The lowest BCUT2D eigenvalue weighted by Gasteiger charge is -2.14. The first kappa shape index (κ1) is 30.7. The van der Waals surface area contributed by atoms with Crippen LogP contribution in [0.15, 0.2) is 188 Å². The molecule has 8 aromatic carbocycles. The van der Waals surface area contributed by atoms with E-state index in [4.69, 9.17) is 9.97 Å². The first-order valence-corrected chi connectivity index (χ1v) is 19.1. The highest BCUT2D eigenvalue weighted by atomic mass is 32.1. The van der Waals surface area contributed by atoms with Crippen molar-refractivity contribution >= 4 is 64.1 Å². The molecule has 0 saturated heterocycles. The van der Waals surface area contributed by atoms with Crippen LogP contribution in [0.25, 0.3) is 103 Å². The standard InChI is InChI=1S/C50H31N3S/c1-3-13-32(14-4-1)50-51-44(34-23-25-42-41-20-10-12-22-48(41)54-49(42)30-34)31-45(52-50)39-27-26-36(37-17-7-8-18-38(37)39)33-24-28-47-43(29-33)40-19-9-11-21-46(40)53(47)35-15-5-2-6-16-35/h1-31H. The Morgan fingerprint density at radius 3 is 1.80 bits per heavy atom. The monoisotopic (exact) mass is 705 g/mol. The van der Waals surface area contributed by atoms with Gasteiger partial charge >= 0.3 is 0 Å². The van der Waals surface area contributed by atoms with Crippen molar-refractivity contribution in [2.24, 2.45) is 0 Å². The van der Waals surface area contributed by atoms with E-state index in [9.17, 15) is 0 Å². The number of rotatable bonds is 5. The number of nitrogens with zero attached hydrogens (tertiary/aromatic N) is 3. The lowest BCUT2D eigenvalue weighted by molar-refractivity contribution is 1.18. The molecule has 54 heavy (non-hydrogen) atoms. The molecule has 0 spiro atoms. The van der Waals surface area contributed by atoms with E-state index in [0.717, 1.165) is 39.2 Å². The fraction of sp³-hybridized carbons (Fsp3) is 0. The SMILES string of the molecule is c1ccc(-c2nc(-c3ccc4c(c3)sc3ccccc34)cc(-c3ccc(-c4ccc5c(c4)c4ccccc4n5-c4ccccc4)c4ccccc34)n2)cc1. The summed E-state index contributed by atoms with van der Waals surface area (Å²) in [4.78, 5) is 10.4. The van der Waals surface area contributed by atoms with E-state index < -0.39 is 0 Å². The van der Waals surface area contributed by atoms with Gasteiger partial charge in [-0.15, -0.1) is 11.3 Å². The lowest BCUT2D eigenvalue weighted by atomic mass is 9.92. The van der Waals surface area contributed by atoms with Crippen LogP contribution < -0.4 is 0 Å². The van der Waals surface area contributed by atoms with Crippen molar-refractivity contribution in [3.05, 3.63) is 188 Å². The minimum atomic E-state index is 0.716. The highest BCUT2D eigenvalue weighted by molar-refractivity contribution is 7.25. The van der Waals surface area contributed by atoms with Crippen molar-refractivity contribution in [2.75, 3.05) is 0 Å². The summed E-state index contributed by atoms with van der Waals surface area (Å²) in [6.45, 7) is 0. The van der Waals surface area contributed by atoms with E-state index in [0.29, 0.717) is 5.82 Å². The van der Waals surface area contributed by atoms with Crippen LogP contribution in [0.3, 0.4) is 0 Å². The van der Waals surface area contributed by atoms with E-state index in [1.54, 1.807) is 0 Å². The molecule has 3 aromatic heterocycles. The maximum Gasteiger partial charge on any atom is 0.160 e. The van der Waals surface area contributed by atoms with Crippen LogP contribution in [0.4, 0.5) is 0 Å². The molecular formula is C50H31N3S. The van der Waals surface area contributed by atoms with Gasteiger partial charge in [0.25, 0.3) is 0 Å². The minimum absolute atomic E-state index is 0.716. The van der Waals surface area contributed by atoms with Crippen LogP contribution in [0.5, 0.6) is 0 Å². The van der Waals surface area contributed by atoms with Gasteiger partial charge in [-0.25, -0.2) is 9.97 Å². The number of hydrogen-bond acceptors (Lipinski definition) is 3. The molecule has 0 bridgehead atoms. The first-order valence-electron chi connectivity index (χ1n) is 18.2. The molecule has 4 heteroatoms. The lowest BCUT2D eigenvalue weighted by Crippen LogP contribution is -1.96. The Labute approximate surface area is 316 Å². The molecule has 0 atom stereocenters. The Morgan fingerprint density at radius 1 is 0.352 bits per heavy atom. The molecule has 0 aliphatic heterocycles. The molecule has 0 amide bonds. The van der Waals surface area contributed by atoms with Crippen molar-refractivity contribution in [1.29, 1.82) is 0 Å². The Morgan fingerprint density at radius 2 is 0.963 bits per heavy atom. The third-order valence-electron chi connectivity index (χ3n) is 10.6. The predicted octanol–water partition coefficient (Wildman–Crippen LogP) is 13.8. The van der Waals surface area contributed by atoms with Crippen LogP contribution in [0.2, 0.25) is 0 Å². The van der Waals surface area contributed by atoms with E-state index in [1.807, 2.05) is 29.5 Å². The summed E-state index contributed by atoms with van der Waals surface area (Å²) in [6, 6.07) is 67.3. The maximum absolute atomic E-state index is 5.24. The molecule has 0 aliphatic carbocycles.